The molecule has 0 saturated carbocycles. The topological polar surface area (TPSA) is 64.5 Å². The lowest BCUT2D eigenvalue weighted by Crippen LogP contribution is -1.98. The van der Waals surface area contributed by atoms with E-state index in [9.17, 15) is 0 Å². The Morgan fingerprint density at radius 1 is 0.308 bits per heavy atom. The molecule has 0 N–H and O–H groups in total. The van der Waals surface area contributed by atoms with Crippen LogP contribution in [0, 0.1) is 27.7 Å². The molecule has 3 aromatic heterocycles. The summed E-state index contributed by atoms with van der Waals surface area (Å²) in [6, 6.07) is 74.7. The highest BCUT2D eigenvalue weighted by Crippen LogP contribution is 2.44. The number of para-hydroxylation sites is 3. The van der Waals surface area contributed by atoms with Crippen LogP contribution in [0.5, 0.6) is 0 Å². The Hall–Kier alpha value is -9.45. The van der Waals surface area contributed by atoms with Crippen LogP contribution in [-0.4, -0.2) is 24.9 Å². The van der Waals surface area contributed by atoms with Crippen LogP contribution in [0.15, 0.2) is 212 Å². The quantitative estimate of drug-likeness (QED) is 0.164. The zero-order valence-electron chi connectivity index (χ0n) is 44.3. The number of aromatic nitrogens is 5. The molecule has 5 heteroatoms. The molecule has 78 heavy (non-hydrogen) atoms. The van der Waals surface area contributed by atoms with E-state index < -0.39 is 0 Å². The first-order valence-corrected chi connectivity index (χ1v) is 27.2. The maximum absolute atomic E-state index is 4.96. The second-order valence-corrected chi connectivity index (χ2v) is 21.2. The molecule has 17 rings (SSSR count). The molecule has 0 fully saturated rings. The van der Waals surface area contributed by atoms with E-state index >= 15 is 0 Å². The van der Waals surface area contributed by atoms with Gasteiger partial charge in [0.05, 0.1) is 39.3 Å². The molecule has 0 bridgehead atoms. The van der Waals surface area contributed by atoms with E-state index in [1.807, 2.05) is 42.5 Å². The van der Waals surface area contributed by atoms with Crippen molar-refractivity contribution in [3.63, 3.8) is 0 Å². The van der Waals surface area contributed by atoms with Gasteiger partial charge in [0.1, 0.15) is 0 Å². The van der Waals surface area contributed by atoms with Gasteiger partial charge in [-0.1, -0.05) is 188 Å². The second-order valence-electron chi connectivity index (χ2n) is 21.2. The molecule has 0 atom stereocenters. The summed E-state index contributed by atoms with van der Waals surface area (Å²) in [5.74, 6) is 0.813. The number of nitrogens with zero attached hydrogens (tertiary/aromatic N) is 5. The number of aryl methyl sites for hydroxylation is 4. The van der Waals surface area contributed by atoms with Crippen LogP contribution in [0.3, 0.4) is 0 Å². The van der Waals surface area contributed by atoms with Gasteiger partial charge in [0, 0.05) is 58.2 Å². The largest absolute Gasteiger partial charge is 0.252 e. The monoisotopic (exact) mass is 1000 g/mol. The average molecular weight is 1000 g/mol. The van der Waals surface area contributed by atoms with Crippen molar-refractivity contribution < 1.29 is 0 Å². The van der Waals surface area contributed by atoms with Crippen LogP contribution in [-0.2, 0) is 25.7 Å². The standard InChI is InChI=1S/C22H16N2.C18H14.C17H13N.C16H12N2/c1-14-19-13-17-12-11-15-7-5-6-10-18(15)20(17)21(19)24-22(23-14)16-8-3-2-4-9-16;1-12-5-4-8-15-16-10-9-13-6-2-3-7-14(13)18(16)11-17(12)15;1-11-5-4-7-13-14(11)10-17-15(13)9-12-6-2-3-8-16(12)18-17;1-10-5-4-6-11-12(10)9-15-16(11)18-14-8-3-2-7-13(14)17-15/h2-12H,13H2,1H3;2-10H,11H2,1H3;2-9H,10H2,1H3;2-8H,9H2,1H3. The number of pyridine rings is 1. The van der Waals surface area contributed by atoms with Crippen molar-refractivity contribution in [1.82, 2.24) is 24.9 Å². The van der Waals surface area contributed by atoms with E-state index in [2.05, 4.69) is 198 Å². The van der Waals surface area contributed by atoms with E-state index in [0.717, 1.165) is 76.4 Å². The number of hydrogen-bond acceptors (Lipinski definition) is 5. The average Bonchev–Trinajstić information content (AvgIpc) is 4.42. The molecular formula is C73H55N5. The van der Waals surface area contributed by atoms with Gasteiger partial charge in [-0.3, -0.25) is 4.98 Å². The van der Waals surface area contributed by atoms with E-state index in [1.165, 1.54) is 116 Å². The van der Waals surface area contributed by atoms with E-state index in [0.29, 0.717) is 0 Å². The molecule has 13 aromatic rings. The summed E-state index contributed by atoms with van der Waals surface area (Å²) in [6.07, 6.45) is 3.90. The van der Waals surface area contributed by atoms with E-state index in [4.69, 9.17) is 24.9 Å². The fourth-order valence-electron chi connectivity index (χ4n) is 12.4. The van der Waals surface area contributed by atoms with Crippen molar-refractivity contribution in [2.45, 2.75) is 53.4 Å². The Kier molecular flexibility index (Phi) is 11.6. The Bertz CT molecular complexity index is 4400. The van der Waals surface area contributed by atoms with Crippen molar-refractivity contribution in [2.75, 3.05) is 0 Å². The van der Waals surface area contributed by atoms with Gasteiger partial charge in [0.2, 0.25) is 0 Å². The van der Waals surface area contributed by atoms with Crippen LogP contribution in [0.2, 0.25) is 0 Å². The molecular weight excluding hydrogens is 947 g/mol. The highest BCUT2D eigenvalue weighted by Gasteiger charge is 2.27. The lowest BCUT2D eigenvalue weighted by molar-refractivity contribution is 1.06. The summed E-state index contributed by atoms with van der Waals surface area (Å²) in [5, 5.41) is 6.53. The number of benzene rings is 10. The van der Waals surface area contributed by atoms with Crippen molar-refractivity contribution in [1.29, 1.82) is 0 Å². The van der Waals surface area contributed by atoms with Gasteiger partial charge in [-0.2, -0.15) is 0 Å². The van der Waals surface area contributed by atoms with Gasteiger partial charge in [0.15, 0.2) is 5.82 Å². The lowest BCUT2D eigenvalue weighted by Gasteiger charge is -2.09. The predicted molar refractivity (Wildman–Crippen MR) is 322 cm³/mol. The molecule has 10 aromatic carbocycles. The van der Waals surface area contributed by atoms with Crippen LogP contribution in [0.25, 0.3) is 99.6 Å². The number of fused-ring (bicyclic) bond motifs is 18. The molecule has 0 radical (unpaired) electrons. The number of rotatable bonds is 1. The SMILES string of the molecule is Cc1cccc2c1Cc1c-2ccc2ccccc12.Cc1cccc2c1Cc1nc3ccccc3cc1-2.Cc1cccc2c1Cc1nc3ccccc3nc1-2.Cc1nc(-c2ccccc2)nc2c1Cc1ccc3ccccc3c1-2. The summed E-state index contributed by atoms with van der Waals surface area (Å²) >= 11 is 0. The molecule has 0 saturated heterocycles. The third-order valence-corrected chi connectivity index (χ3v) is 16.5. The minimum Gasteiger partial charge on any atom is -0.252 e. The van der Waals surface area contributed by atoms with Crippen molar-refractivity contribution in [2.24, 2.45) is 0 Å². The molecule has 4 aliphatic carbocycles. The molecule has 4 aliphatic rings. The van der Waals surface area contributed by atoms with Crippen molar-refractivity contribution in [3.05, 3.63) is 279 Å². The minimum absolute atomic E-state index is 0.813. The van der Waals surface area contributed by atoms with Gasteiger partial charge in [-0.25, -0.2) is 19.9 Å². The van der Waals surface area contributed by atoms with Gasteiger partial charge in [-0.15, -0.1) is 0 Å². The second kappa shape index (κ2) is 19.3. The smallest absolute Gasteiger partial charge is 0.160 e. The molecule has 5 nitrogen and oxygen atoms in total. The molecule has 0 spiro atoms. The summed E-state index contributed by atoms with van der Waals surface area (Å²) in [5.41, 5.74) is 30.3. The molecule has 0 aliphatic heterocycles. The summed E-state index contributed by atoms with van der Waals surface area (Å²) in [7, 11) is 0. The fraction of sp³-hybridized carbons (Fsp3) is 0.110. The van der Waals surface area contributed by atoms with Gasteiger partial charge in [-0.05, 0) is 141 Å². The molecule has 0 unspecified atom stereocenters. The zero-order chi connectivity index (χ0) is 52.4. The van der Waals surface area contributed by atoms with Crippen LogP contribution in [0.4, 0.5) is 0 Å². The fourth-order valence-corrected chi connectivity index (χ4v) is 12.4. The molecule has 372 valence electrons. The van der Waals surface area contributed by atoms with E-state index in [-0.39, 0.29) is 0 Å². The summed E-state index contributed by atoms with van der Waals surface area (Å²) in [6.45, 7) is 8.66. The van der Waals surface area contributed by atoms with Gasteiger partial charge < -0.3 is 0 Å². The number of hydrogen-bond donors (Lipinski definition) is 0. The predicted octanol–water partition coefficient (Wildman–Crippen LogP) is 17.5. The van der Waals surface area contributed by atoms with Gasteiger partial charge >= 0.3 is 0 Å². The minimum atomic E-state index is 0.813. The summed E-state index contributed by atoms with van der Waals surface area (Å²) < 4.78 is 0. The van der Waals surface area contributed by atoms with Crippen LogP contribution < -0.4 is 0 Å². The third kappa shape index (κ3) is 8.22. The Labute approximate surface area is 455 Å². The van der Waals surface area contributed by atoms with E-state index in [1.54, 1.807) is 0 Å². The first-order valence-electron chi connectivity index (χ1n) is 27.2. The molecule has 0 amide bonds. The van der Waals surface area contributed by atoms with Crippen molar-refractivity contribution in [3.8, 4) is 56.2 Å². The normalized spacial score (nSPS) is 12.4. The highest BCUT2D eigenvalue weighted by molar-refractivity contribution is 6.01. The Morgan fingerprint density at radius 2 is 0.846 bits per heavy atom. The van der Waals surface area contributed by atoms with Crippen LogP contribution in [0.1, 0.15) is 67.2 Å². The van der Waals surface area contributed by atoms with Crippen molar-refractivity contribution >= 4 is 43.5 Å². The maximum atomic E-state index is 4.96. The highest BCUT2D eigenvalue weighted by atomic mass is 14.9. The Morgan fingerprint density at radius 3 is 1.59 bits per heavy atom. The first kappa shape index (κ1) is 47.0. The maximum Gasteiger partial charge on any atom is 0.160 e. The zero-order valence-corrected chi connectivity index (χ0v) is 44.3. The lowest BCUT2D eigenvalue weighted by atomic mass is 9.99. The molecule has 3 heterocycles. The van der Waals surface area contributed by atoms with Crippen LogP contribution >= 0.6 is 0 Å². The summed E-state index contributed by atoms with van der Waals surface area (Å²) in [4.78, 5) is 24.1. The first-order chi connectivity index (χ1) is 38.3. The van der Waals surface area contributed by atoms with Gasteiger partial charge in [0.25, 0.3) is 0 Å². The third-order valence-electron chi connectivity index (χ3n) is 16.5. The Balaban J connectivity index is 0.0000000952.